The molecule has 0 saturated carbocycles. The van der Waals surface area contributed by atoms with Crippen molar-refractivity contribution in [1.82, 2.24) is 15.0 Å². The summed E-state index contributed by atoms with van der Waals surface area (Å²) in [6, 6.07) is 9.77. The van der Waals surface area contributed by atoms with Gasteiger partial charge in [-0.2, -0.15) is 0 Å². The number of likely N-dealkylation sites (tertiary alicyclic amines) is 2. The Bertz CT molecular complexity index is 917. The highest BCUT2D eigenvalue weighted by molar-refractivity contribution is 5.78. The standard InChI is InChI=1S/C26H35N3O4/c1-19-23(20(2)33-27-19)11-12-25(30)29-16-13-24(32-22-9-5-3-6-10-22)21(18-29)17-26(31)28-14-7-4-8-15-28/h3,5-6,9-10,21,24H,4,7-8,11-18H2,1-2H3/t21-,24-/m0/s1. The van der Waals surface area contributed by atoms with Crippen molar-refractivity contribution < 1.29 is 18.8 Å². The van der Waals surface area contributed by atoms with E-state index in [-0.39, 0.29) is 23.8 Å². The maximum Gasteiger partial charge on any atom is 0.223 e. The summed E-state index contributed by atoms with van der Waals surface area (Å²) in [7, 11) is 0. The summed E-state index contributed by atoms with van der Waals surface area (Å²) in [5.41, 5.74) is 1.86. The van der Waals surface area contributed by atoms with Gasteiger partial charge in [0.15, 0.2) is 0 Å². The van der Waals surface area contributed by atoms with E-state index in [0.29, 0.717) is 32.4 Å². The lowest BCUT2D eigenvalue weighted by molar-refractivity contribution is -0.139. The van der Waals surface area contributed by atoms with Crippen LogP contribution in [0, 0.1) is 19.8 Å². The van der Waals surface area contributed by atoms with Crippen molar-refractivity contribution in [3.8, 4) is 5.75 Å². The van der Waals surface area contributed by atoms with Gasteiger partial charge in [-0.15, -0.1) is 0 Å². The van der Waals surface area contributed by atoms with E-state index in [9.17, 15) is 9.59 Å². The van der Waals surface area contributed by atoms with Crippen LogP contribution in [0.4, 0.5) is 0 Å². The van der Waals surface area contributed by atoms with E-state index in [1.165, 1.54) is 6.42 Å². The quantitative estimate of drug-likeness (QED) is 0.635. The molecule has 7 nitrogen and oxygen atoms in total. The van der Waals surface area contributed by atoms with Crippen molar-refractivity contribution in [3.05, 3.63) is 47.3 Å². The van der Waals surface area contributed by atoms with Crippen LogP contribution in [0.25, 0.3) is 0 Å². The molecule has 2 aliphatic rings. The fourth-order valence-electron chi connectivity index (χ4n) is 5.01. The first-order valence-electron chi connectivity index (χ1n) is 12.2. The Kier molecular flexibility index (Phi) is 7.68. The predicted molar refractivity (Wildman–Crippen MR) is 125 cm³/mol. The fraction of sp³-hybridized carbons (Fsp3) is 0.577. The van der Waals surface area contributed by atoms with Crippen LogP contribution in [-0.4, -0.2) is 59.1 Å². The van der Waals surface area contributed by atoms with Gasteiger partial charge < -0.3 is 19.1 Å². The molecule has 178 valence electrons. The number of para-hydroxylation sites is 1. The molecule has 2 fully saturated rings. The van der Waals surface area contributed by atoms with E-state index < -0.39 is 0 Å². The zero-order valence-electron chi connectivity index (χ0n) is 19.8. The molecule has 1 aromatic carbocycles. The van der Waals surface area contributed by atoms with Gasteiger partial charge in [-0.3, -0.25) is 9.59 Å². The van der Waals surface area contributed by atoms with Gasteiger partial charge >= 0.3 is 0 Å². The lowest BCUT2D eigenvalue weighted by Crippen LogP contribution is -2.50. The number of carbonyl (C=O) groups excluding carboxylic acids is 2. The number of benzene rings is 1. The van der Waals surface area contributed by atoms with Crippen molar-refractivity contribution in [3.63, 3.8) is 0 Å². The van der Waals surface area contributed by atoms with E-state index in [4.69, 9.17) is 9.26 Å². The number of aromatic nitrogens is 1. The summed E-state index contributed by atoms with van der Waals surface area (Å²) < 4.78 is 11.5. The summed E-state index contributed by atoms with van der Waals surface area (Å²) in [6.07, 6.45) is 5.46. The molecule has 3 heterocycles. The van der Waals surface area contributed by atoms with Gasteiger partial charge in [0.2, 0.25) is 11.8 Å². The number of piperidine rings is 2. The topological polar surface area (TPSA) is 75.9 Å². The Balaban J connectivity index is 1.41. The van der Waals surface area contributed by atoms with Crippen LogP contribution < -0.4 is 4.74 Å². The molecule has 4 rings (SSSR count). The van der Waals surface area contributed by atoms with Gasteiger partial charge in [0.05, 0.1) is 5.69 Å². The van der Waals surface area contributed by atoms with E-state index in [1.807, 2.05) is 54.0 Å². The highest BCUT2D eigenvalue weighted by Crippen LogP contribution is 2.27. The zero-order chi connectivity index (χ0) is 23.2. The molecule has 0 aliphatic carbocycles. The molecule has 0 N–H and O–H groups in total. The van der Waals surface area contributed by atoms with Gasteiger partial charge in [-0.1, -0.05) is 23.4 Å². The fourth-order valence-corrected chi connectivity index (χ4v) is 5.01. The second kappa shape index (κ2) is 10.9. The van der Waals surface area contributed by atoms with E-state index >= 15 is 0 Å². The number of nitrogens with zero attached hydrogens (tertiary/aromatic N) is 3. The molecule has 2 atom stereocenters. The number of ether oxygens (including phenoxy) is 1. The zero-order valence-corrected chi connectivity index (χ0v) is 19.8. The maximum atomic E-state index is 13.1. The normalized spacial score (nSPS) is 21.2. The van der Waals surface area contributed by atoms with Crippen molar-refractivity contribution in [2.24, 2.45) is 5.92 Å². The van der Waals surface area contributed by atoms with Crippen LogP contribution in [0.2, 0.25) is 0 Å². The first-order valence-corrected chi connectivity index (χ1v) is 12.2. The van der Waals surface area contributed by atoms with Gasteiger partial charge in [0.1, 0.15) is 17.6 Å². The lowest BCUT2D eigenvalue weighted by Gasteiger charge is -2.39. The van der Waals surface area contributed by atoms with Gasteiger partial charge in [0, 0.05) is 56.9 Å². The lowest BCUT2D eigenvalue weighted by atomic mass is 9.90. The molecular formula is C26H35N3O4. The average molecular weight is 454 g/mol. The molecule has 0 unspecified atom stereocenters. The van der Waals surface area contributed by atoms with Crippen LogP contribution in [-0.2, 0) is 16.0 Å². The summed E-state index contributed by atoms with van der Waals surface area (Å²) >= 11 is 0. The smallest absolute Gasteiger partial charge is 0.223 e. The number of carbonyl (C=O) groups is 2. The van der Waals surface area contributed by atoms with Crippen LogP contribution in [0.1, 0.15) is 55.5 Å². The second-order valence-corrected chi connectivity index (χ2v) is 9.31. The Hall–Kier alpha value is -2.83. The minimum absolute atomic E-state index is 0.0172. The van der Waals surface area contributed by atoms with Crippen molar-refractivity contribution in [2.75, 3.05) is 26.2 Å². The minimum Gasteiger partial charge on any atom is -0.490 e. The van der Waals surface area contributed by atoms with Crippen LogP contribution in [0.5, 0.6) is 5.75 Å². The first kappa shape index (κ1) is 23.3. The number of hydrogen-bond acceptors (Lipinski definition) is 5. The first-order chi connectivity index (χ1) is 16.0. The van der Waals surface area contributed by atoms with Gasteiger partial charge in [0.25, 0.3) is 0 Å². The molecule has 33 heavy (non-hydrogen) atoms. The number of amides is 2. The Labute approximate surface area is 196 Å². The van der Waals surface area contributed by atoms with E-state index in [0.717, 1.165) is 55.1 Å². The van der Waals surface area contributed by atoms with Crippen LogP contribution in [0.15, 0.2) is 34.9 Å². The monoisotopic (exact) mass is 453 g/mol. The highest BCUT2D eigenvalue weighted by Gasteiger charge is 2.35. The number of rotatable bonds is 7. The Morgan fingerprint density at radius 3 is 2.48 bits per heavy atom. The van der Waals surface area contributed by atoms with Gasteiger partial charge in [-0.05, 0) is 51.7 Å². The van der Waals surface area contributed by atoms with Crippen molar-refractivity contribution >= 4 is 11.8 Å². The molecule has 0 spiro atoms. The molecule has 2 aromatic rings. The summed E-state index contributed by atoms with van der Waals surface area (Å²) in [4.78, 5) is 30.0. The largest absolute Gasteiger partial charge is 0.490 e. The van der Waals surface area contributed by atoms with Crippen molar-refractivity contribution in [1.29, 1.82) is 0 Å². The maximum absolute atomic E-state index is 13.1. The molecule has 2 saturated heterocycles. The predicted octanol–water partition coefficient (Wildman–Crippen LogP) is 3.92. The minimum atomic E-state index is -0.0762. The molecule has 2 aliphatic heterocycles. The summed E-state index contributed by atoms with van der Waals surface area (Å²) in [6.45, 7) is 6.68. The van der Waals surface area contributed by atoms with Gasteiger partial charge in [-0.25, -0.2) is 0 Å². The molecule has 7 heteroatoms. The molecular weight excluding hydrogens is 418 g/mol. The Morgan fingerprint density at radius 1 is 1.03 bits per heavy atom. The summed E-state index contributed by atoms with van der Waals surface area (Å²) in [5, 5.41) is 3.99. The van der Waals surface area contributed by atoms with Crippen LogP contribution >= 0.6 is 0 Å². The van der Waals surface area contributed by atoms with E-state index in [1.54, 1.807) is 0 Å². The molecule has 0 bridgehead atoms. The second-order valence-electron chi connectivity index (χ2n) is 9.31. The highest BCUT2D eigenvalue weighted by atomic mass is 16.5. The third kappa shape index (κ3) is 5.95. The third-order valence-electron chi connectivity index (χ3n) is 6.96. The van der Waals surface area contributed by atoms with Crippen molar-refractivity contribution in [2.45, 2.75) is 64.9 Å². The average Bonchev–Trinajstić information content (AvgIpc) is 3.16. The Morgan fingerprint density at radius 2 is 1.79 bits per heavy atom. The number of aryl methyl sites for hydroxylation is 2. The third-order valence-corrected chi connectivity index (χ3v) is 6.96. The summed E-state index contributed by atoms with van der Waals surface area (Å²) in [5.74, 6) is 1.88. The van der Waals surface area contributed by atoms with E-state index in [2.05, 4.69) is 5.16 Å². The molecule has 2 amide bonds. The SMILES string of the molecule is Cc1noc(C)c1CCC(=O)N1CC[C@H](Oc2ccccc2)[C@@H](CC(=O)N2CCCCC2)C1. The number of hydrogen-bond donors (Lipinski definition) is 0. The van der Waals surface area contributed by atoms with Crippen LogP contribution in [0.3, 0.4) is 0 Å². The molecule has 1 aromatic heterocycles. The molecule has 0 radical (unpaired) electrons.